The molecule has 0 fully saturated rings. The number of carbonyl (C=O) groups excluding carboxylic acids is 2. The van der Waals surface area contributed by atoms with Crippen LogP contribution in [-0.2, 0) is 32.7 Å². The molecule has 1 N–H and O–H groups in total. The Morgan fingerprint density at radius 3 is 1.66 bits per heavy atom. The summed E-state index contributed by atoms with van der Waals surface area (Å²) >= 11 is 0. The molecule has 0 saturated heterocycles. The van der Waals surface area contributed by atoms with Gasteiger partial charge in [0.05, 0.1) is 27.7 Å². The van der Waals surface area contributed by atoms with Gasteiger partial charge in [-0.15, -0.1) is 0 Å². The van der Waals surface area contributed by atoms with Gasteiger partial charge in [0.25, 0.3) is 0 Å². The number of nitrogens with zero attached hydrogens (tertiary/aromatic N) is 1. The van der Waals surface area contributed by atoms with E-state index in [2.05, 4.69) is 38.2 Å². The average Bonchev–Trinajstić information content (AvgIpc) is 3.01. The molecule has 0 heterocycles. The topological polar surface area (TPSA) is 108 Å². The second-order valence-electron chi connectivity index (χ2n) is 13.6. The van der Waals surface area contributed by atoms with Gasteiger partial charge in [0, 0.05) is 12.8 Å². The molecular formula is C37H71NO8P+. The minimum absolute atomic E-state index is 0.0293. The lowest BCUT2D eigenvalue weighted by Gasteiger charge is -2.24. The van der Waals surface area contributed by atoms with Gasteiger partial charge in [0.15, 0.2) is 6.10 Å². The van der Waals surface area contributed by atoms with Gasteiger partial charge in [-0.3, -0.25) is 18.6 Å². The maximum atomic E-state index is 12.6. The Hall–Kier alpha value is -1.51. The van der Waals surface area contributed by atoms with E-state index in [9.17, 15) is 19.0 Å². The Bertz CT molecular complexity index is 871. The minimum atomic E-state index is -4.36. The van der Waals surface area contributed by atoms with Crippen LogP contribution in [0.15, 0.2) is 24.3 Å². The molecule has 0 saturated carbocycles. The van der Waals surface area contributed by atoms with E-state index < -0.39 is 26.5 Å². The summed E-state index contributed by atoms with van der Waals surface area (Å²) in [4.78, 5) is 35.1. The van der Waals surface area contributed by atoms with Crippen molar-refractivity contribution in [2.75, 3.05) is 47.5 Å². The fourth-order valence-corrected chi connectivity index (χ4v) is 5.46. The highest BCUT2D eigenvalue weighted by molar-refractivity contribution is 7.47. The predicted molar refractivity (Wildman–Crippen MR) is 192 cm³/mol. The number of allylic oxidation sites excluding steroid dienone is 4. The largest absolute Gasteiger partial charge is 0.472 e. The summed E-state index contributed by atoms with van der Waals surface area (Å²) < 4.78 is 34.1. The second-order valence-corrected chi connectivity index (χ2v) is 15.1. The number of unbranched alkanes of at least 4 members (excludes halogenated alkanes) is 15. The lowest BCUT2D eigenvalue weighted by Crippen LogP contribution is -2.37. The van der Waals surface area contributed by atoms with Crippen LogP contribution in [0.4, 0.5) is 0 Å². The average molecular weight is 689 g/mol. The molecule has 0 aromatic heterocycles. The van der Waals surface area contributed by atoms with E-state index in [0.717, 1.165) is 77.0 Å². The van der Waals surface area contributed by atoms with Gasteiger partial charge in [-0.2, -0.15) is 0 Å². The predicted octanol–water partition coefficient (Wildman–Crippen LogP) is 9.63. The van der Waals surface area contributed by atoms with Crippen LogP contribution < -0.4 is 0 Å². The Morgan fingerprint density at radius 2 is 1.13 bits per heavy atom. The molecule has 0 spiro atoms. The van der Waals surface area contributed by atoms with Crippen molar-refractivity contribution in [1.29, 1.82) is 0 Å². The van der Waals surface area contributed by atoms with Crippen molar-refractivity contribution >= 4 is 19.8 Å². The van der Waals surface area contributed by atoms with Gasteiger partial charge in [-0.25, -0.2) is 4.57 Å². The third kappa shape index (κ3) is 34.2. The molecule has 47 heavy (non-hydrogen) atoms. The van der Waals surface area contributed by atoms with Crippen LogP contribution in [0, 0.1) is 0 Å². The highest BCUT2D eigenvalue weighted by Crippen LogP contribution is 2.43. The normalized spacial score (nSPS) is 14.1. The Kier molecular flexibility index (Phi) is 29.6. The smallest absolute Gasteiger partial charge is 0.462 e. The maximum absolute atomic E-state index is 12.6. The number of quaternary nitrogens is 1. The number of ether oxygens (including phenoxy) is 2. The van der Waals surface area contributed by atoms with Crippen molar-refractivity contribution in [2.45, 2.75) is 155 Å². The fourth-order valence-electron chi connectivity index (χ4n) is 4.71. The zero-order chi connectivity index (χ0) is 35.1. The summed E-state index contributed by atoms with van der Waals surface area (Å²) in [6.45, 7) is 4.30. The fraction of sp³-hybridized carbons (Fsp3) is 0.838. The molecule has 0 bridgehead atoms. The lowest BCUT2D eigenvalue weighted by atomic mass is 10.1. The van der Waals surface area contributed by atoms with Crippen molar-refractivity contribution in [3.05, 3.63) is 24.3 Å². The lowest BCUT2D eigenvalue weighted by molar-refractivity contribution is -0.870. The Labute approximate surface area is 288 Å². The van der Waals surface area contributed by atoms with E-state index in [0.29, 0.717) is 17.4 Å². The van der Waals surface area contributed by atoms with Gasteiger partial charge in [0.2, 0.25) is 0 Å². The molecule has 10 heteroatoms. The number of carbonyl (C=O) groups is 2. The van der Waals surface area contributed by atoms with Gasteiger partial charge in [0.1, 0.15) is 19.8 Å². The molecule has 0 aliphatic rings. The van der Waals surface area contributed by atoms with Crippen molar-refractivity contribution in [3.8, 4) is 0 Å². The summed E-state index contributed by atoms with van der Waals surface area (Å²) in [7, 11) is 1.46. The van der Waals surface area contributed by atoms with Crippen LogP contribution in [0.5, 0.6) is 0 Å². The van der Waals surface area contributed by atoms with Crippen molar-refractivity contribution < 1.29 is 42.1 Å². The first-order valence-corrected chi connectivity index (χ1v) is 20.1. The van der Waals surface area contributed by atoms with Crippen LogP contribution in [0.1, 0.15) is 149 Å². The van der Waals surface area contributed by atoms with E-state index >= 15 is 0 Å². The monoisotopic (exact) mass is 688 g/mol. The van der Waals surface area contributed by atoms with Crippen LogP contribution in [0.2, 0.25) is 0 Å². The maximum Gasteiger partial charge on any atom is 0.472 e. The summed E-state index contributed by atoms with van der Waals surface area (Å²) in [5.74, 6) is -0.824. The number of rotatable bonds is 33. The third-order valence-corrected chi connectivity index (χ3v) is 8.67. The van der Waals surface area contributed by atoms with Crippen molar-refractivity contribution in [2.24, 2.45) is 0 Å². The van der Waals surface area contributed by atoms with Gasteiger partial charge in [-0.05, 0) is 57.8 Å². The standard InChI is InChI=1S/C37H70NO8P/c1-6-8-10-12-14-16-18-19-20-22-23-25-27-29-36(39)43-33-35(34-45-47(41,42)44-32-31-38(3,4)5)46-37(40)30-28-26-24-21-17-15-13-11-9-7-2/h11,13,16,18,35H,6-10,12,14-15,17,19-34H2,1-5H3/p+1/b13-11-,18-16+/t35-/m1/s1. The first-order chi connectivity index (χ1) is 22.5. The number of phosphoric acid groups is 1. The molecule has 0 amide bonds. The van der Waals surface area contributed by atoms with E-state index in [1.807, 2.05) is 21.1 Å². The highest BCUT2D eigenvalue weighted by Gasteiger charge is 2.27. The Morgan fingerprint density at radius 1 is 0.638 bits per heavy atom. The van der Waals surface area contributed by atoms with Crippen LogP contribution in [-0.4, -0.2) is 74.9 Å². The quantitative estimate of drug-likeness (QED) is 0.0239. The zero-order valence-corrected chi connectivity index (χ0v) is 31.7. The number of likely N-dealkylation sites (N-methyl/N-ethyl adjacent to an activating group) is 1. The Balaban J connectivity index is 4.47. The molecule has 0 aliphatic carbocycles. The summed E-state index contributed by atoms with van der Waals surface area (Å²) in [5, 5.41) is 0. The van der Waals surface area contributed by atoms with E-state index in [1.165, 1.54) is 38.5 Å². The number of hydrogen-bond acceptors (Lipinski definition) is 7. The minimum Gasteiger partial charge on any atom is -0.462 e. The van der Waals surface area contributed by atoms with Crippen molar-refractivity contribution in [3.63, 3.8) is 0 Å². The molecule has 0 aliphatic heterocycles. The van der Waals surface area contributed by atoms with E-state index in [4.69, 9.17) is 18.5 Å². The molecule has 276 valence electrons. The second kappa shape index (κ2) is 30.5. The van der Waals surface area contributed by atoms with E-state index in [-0.39, 0.29) is 32.0 Å². The van der Waals surface area contributed by atoms with Crippen molar-refractivity contribution in [1.82, 2.24) is 0 Å². The molecule has 0 rings (SSSR count). The van der Waals surface area contributed by atoms with Crippen LogP contribution >= 0.6 is 7.82 Å². The molecule has 2 atom stereocenters. The number of phosphoric ester groups is 1. The molecule has 9 nitrogen and oxygen atoms in total. The van der Waals surface area contributed by atoms with Gasteiger partial charge in [-0.1, -0.05) is 102 Å². The first-order valence-electron chi connectivity index (χ1n) is 18.6. The summed E-state index contributed by atoms with van der Waals surface area (Å²) in [6, 6.07) is 0. The van der Waals surface area contributed by atoms with Gasteiger partial charge >= 0.3 is 19.8 Å². The SMILES string of the molecule is CCC/C=C\CCCCCCCC(=O)O[C@H](COC(=O)CCCCCCC/C=C/CCCCCC)COP(=O)(O)OCC[N+](C)(C)C. The van der Waals surface area contributed by atoms with Gasteiger partial charge < -0.3 is 18.9 Å². The number of hydrogen-bond donors (Lipinski definition) is 1. The molecule has 0 aromatic carbocycles. The molecule has 1 unspecified atom stereocenters. The summed E-state index contributed by atoms with van der Waals surface area (Å²) in [5.41, 5.74) is 0. The summed E-state index contributed by atoms with van der Waals surface area (Å²) in [6.07, 6.45) is 29.4. The van der Waals surface area contributed by atoms with Crippen LogP contribution in [0.3, 0.4) is 0 Å². The molecular weight excluding hydrogens is 617 g/mol. The highest BCUT2D eigenvalue weighted by atomic mass is 31.2. The molecule has 0 radical (unpaired) electrons. The zero-order valence-electron chi connectivity index (χ0n) is 30.8. The van der Waals surface area contributed by atoms with Crippen LogP contribution in [0.25, 0.3) is 0 Å². The van der Waals surface area contributed by atoms with E-state index in [1.54, 1.807) is 0 Å². The first kappa shape index (κ1) is 45.5. The number of esters is 2. The third-order valence-electron chi connectivity index (χ3n) is 7.68. The molecule has 0 aromatic rings.